The number of carbonyl (C=O) groups excluding carboxylic acids is 1. The highest BCUT2D eigenvalue weighted by molar-refractivity contribution is 5.69. The van der Waals surface area contributed by atoms with Crippen LogP contribution in [0.2, 0.25) is 0 Å². The molecule has 2 atom stereocenters. The summed E-state index contributed by atoms with van der Waals surface area (Å²) in [5.74, 6) is 0.0370. The van der Waals surface area contributed by atoms with Crippen molar-refractivity contribution in [3.05, 3.63) is 0 Å². The molecule has 0 heterocycles. The first kappa shape index (κ1) is 38.6. The van der Waals surface area contributed by atoms with Crippen LogP contribution in [0.5, 0.6) is 0 Å². The third-order valence-electron chi connectivity index (χ3n) is 7.29. The standard InChI is InChI=1S/C23H46O2.C11H24O/c1-4-7-9-11-12-13-14-16-18-21-23(24)25-22(19-6-3)20-17-15-10-8-5-2;1-3-5-6-7-8-10-11(12)9-4-2/h22H,4-21H2,1-3H3;11-12H,3-10H2,1-2H3/t22-;11-/m00/s1. The lowest BCUT2D eigenvalue weighted by molar-refractivity contribution is -0.150. The summed E-state index contributed by atoms with van der Waals surface area (Å²) in [5, 5.41) is 9.41. The summed E-state index contributed by atoms with van der Waals surface area (Å²) in [4.78, 5) is 12.0. The molecule has 0 unspecified atom stereocenters. The first-order valence-electron chi connectivity index (χ1n) is 16.9. The van der Waals surface area contributed by atoms with Gasteiger partial charge in [-0.05, 0) is 38.5 Å². The zero-order valence-electron chi connectivity index (χ0n) is 26.3. The molecule has 0 spiro atoms. The molecular weight excluding hydrogens is 456 g/mol. The van der Waals surface area contributed by atoms with Gasteiger partial charge in [-0.1, -0.05) is 157 Å². The first-order chi connectivity index (χ1) is 18.0. The van der Waals surface area contributed by atoms with Crippen LogP contribution in [0.1, 0.15) is 202 Å². The molecule has 0 saturated heterocycles. The predicted molar refractivity (Wildman–Crippen MR) is 164 cm³/mol. The Morgan fingerprint density at radius 2 is 0.892 bits per heavy atom. The predicted octanol–water partition coefficient (Wildman–Crippen LogP) is 11.5. The van der Waals surface area contributed by atoms with E-state index in [9.17, 15) is 9.90 Å². The van der Waals surface area contributed by atoms with Crippen LogP contribution < -0.4 is 0 Å². The van der Waals surface area contributed by atoms with Crippen LogP contribution in [0.4, 0.5) is 0 Å². The topological polar surface area (TPSA) is 46.5 Å². The number of hydrogen-bond acceptors (Lipinski definition) is 3. The molecule has 0 radical (unpaired) electrons. The molecule has 3 nitrogen and oxygen atoms in total. The summed E-state index contributed by atoms with van der Waals surface area (Å²) in [6.07, 6.45) is 31.6. The number of hydrogen-bond donors (Lipinski definition) is 1. The quantitative estimate of drug-likeness (QED) is 0.0855. The Bertz CT molecular complexity index is 423. The number of aliphatic hydroxyl groups is 1. The molecule has 0 aliphatic heterocycles. The minimum absolute atomic E-state index is 0.0309. The molecule has 0 aliphatic rings. The van der Waals surface area contributed by atoms with E-state index in [-0.39, 0.29) is 18.2 Å². The Kier molecular flexibility index (Phi) is 34.9. The van der Waals surface area contributed by atoms with Gasteiger partial charge in [-0.15, -0.1) is 0 Å². The third-order valence-corrected chi connectivity index (χ3v) is 7.29. The van der Waals surface area contributed by atoms with Gasteiger partial charge >= 0.3 is 5.97 Å². The maximum absolute atomic E-state index is 12.0. The van der Waals surface area contributed by atoms with E-state index in [4.69, 9.17) is 4.74 Å². The molecule has 224 valence electrons. The van der Waals surface area contributed by atoms with E-state index in [0.29, 0.717) is 6.42 Å². The van der Waals surface area contributed by atoms with Crippen LogP contribution >= 0.6 is 0 Å². The van der Waals surface area contributed by atoms with Crippen molar-refractivity contribution in [3.8, 4) is 0 Å². The van der Waals surface area contributed by atoms with Crippen LogP contribution in [-0.2, 0) is 9.53 Å². The van der Waals surface area contributed by atoms with Crippen molar-refractivity contribution in [1.82, 2.24) is 0 Å². The molecule has 0 aromatic rings. The van der Waals surface area contributed by atoms with Gasteiger partial charge in [-0.2, -0.15) is 0 Å². The lowest BCUT2D eigenvalue weighted by atomic mass is 10.0. The fraction of sp³-hybridized carbons (Fsp3) is 0.971. The summed E-state index contributed by atoms with van der Waals surface area (Å²) >= 11 is 0. The Hall–Kier alpha value is -0.570. The van der Waals surface area contributed by atoms with Crippen molar-refractivity contribution < 1.29 is 14.6 Å². The molecule has 37 heavy (non-hydrogen) atoms. The van der Waals surface area contributed by atoms with Crippen LogP contribution in [0.25, 0.3) is 0 Å². The van der Waals surface area contributed by atoms with Gasteiger partial charge < -0.3 is 9.84 Å². The number of unbranched alkanes of at least 4 members (excludes halogenated alkanes) is 16. The number of ether oxygens (including phenoxy) is 1. The molecular formula is C34H70O3. The second kappa shape index (κ2) is 33.5. The Balaban J connectivity index is 0. The lowest BCUT2D eigenvalue weighted by Crippen LogP contribution is -2.18. The molecule has 0 aromatic heterocycles. The van der Waals surface area contributed by atoms with Crippen LogP contribution in [0.15, 0.2) is 0 Å². The van der Waals surface area contributed by atoms with E-state index in [1.807, 2.05) is 0 Å². The van der Waals surface area contributed by atoms with Gasteiger partial charge in [0.25, 0.3) is 0 Å². The number of esters is 1. The fourth-order valence-electron chi connectivity index (χ4n) is 4.85. The lowest BCUT2D eigenvalue weighted by Gasteiger charge is -2.17. The minimum Gasteiger partial charge on any atom is -0.462 e. The summed E-state index contributed by atoms with van der Waals surface area (Å²) in [5.41, 5.74) is 0. The molecule has 0 fully saturated rings. The molecule has 1 N–H and O–H groups in total. The van der Waals surface area contributed by atoms with Crippen LogP contribution in [-0.4, -0.2) is 23.3 Å². The van der Waals surface area contributed by atoms with E-state index in [1.165, 1.54) is 116 Å². The zero-order valence-corrected chi connectivity index (χ0v) is 26.3. The molecule has 3 heteroatoms. The number of aliphatic hydroxyl groups excluding tert-OH is 1. The normalized spacial score (nSPS) is 12.6. The highest BCUT2D eigenvalue weighted by Crippen LogP contribution is 2.16. The maximum Gasteiger partial charge on any atom is 0.306 e. The molecule has 0 aliphatic carbocycles. The second-order valence-electron chi connectivity index (χ2n) is 11.3. The molecule has 0 bridgehead atoms. The fourth-order valence-corrected chi connectivity index (χ4v) is 4.85. The molecule has 0 saturated carbocycles. The largest absolute Gasteiger partial charge is 0.462 e. The van der Waals surface area contributed by atoms with E-state index in [0.717, 1.165) is 44.9 Å². The van der Waals surface area contributed by atoms with Crippen LogP contribution in [0.3, 0.4) is 0 Å². The molecule has 0 rings (SSSR count). The van der Waals surface area contributed by atoms with Gasteiger partial charge in [0, 0.05) is 6.42 Å². The number of rotatable bonds is 27. The molecule has 0 amide bonds. The highest BCUT2D eigenvalue weighted by atomic mass is 16.5. The van der Waals surface area contributed by atoms with Crippen molar-refractivity contribution in [3.63, 3.8) is 0 Å². The molecule has 0 aromatic carbocycles. The second-order valence-corrected chi connectivity index (χ2v) is 11.3. The average molecular weight is 527 g/mol. The average Bonchev–Trinajstić information content (AvgIpc) is 2.88. The van der Waals surface area contributed by atoms with Gasteiger partial charge in [0.2, 0.25) is 0 Å². The number of carbonyl (C=O) groups is 1. The monoisotopic (exact) mass is 527 g/mol. The van der Waals surface area contributed by atoms with Crippen LogP contribution in [0, 0.1) is 0 Å². The Morgan fingerprint density at radius 3 is 1.35 bits per heavy atom. The van der Waals surface area contributed by atoms with Crippen molar-refractivity contribution in [2.75, 3.05) is 0 Å². The van der Waals surface area contributed by atoms with Gasteiger partial charge in [0.15, 0.2) is 0 Å². The van der Waals surface area contributed by atoms with Gasteiger partial charge in [0.05, 0.1) is 6.10 Å². The van der Waals surface area contributed by atoms with Crippen molar-refractivity contribution in [1.29, 1.82) is 0 Å². The Morgan fingerprint density at radius 1 is 0.486 bits per heavy atom. The Labute approximate surface area is 234 Å². The summed E-state index contributed by atoms with van der Waals surface area (Å²) in [7, 11) is 0. The summed E-state index contributed by atoms with van der Waals surface area (Å²) < 4.78 is 5.73. The van der Waals surface area contributed by atoms with Gasteiger partial charge in [-0.3, -0.25) is 4.79 Å². The van der Waals surface area contributed by atoms with E-state index < -0.39 is 0 Å². The minimum atomic E-state index is -0.0309. The van der Waals surface area contributed by atoms with Crippen molar-refractivity contribution >= 4 is 5.97 Å². The van der Waals surface area contributed by atoms with E-state index in [2.05, 4.69) is 34.6 Å². The third kappa shape index (κ3) is 33.4. The van der Waals surface area contributed by atoms with Gasteiger partial charge in [0.1, 0.15) is 6.10 Å². The summed E-state index contributed by atoms with van der Waals surface area (Å²) in [6.45, 7) is 11.0. The SMILES string of the molecule is CCCCCCCCCCCC(=O)O[C@@H](CCC)CCCCCCC.CCCCCCC[C@@H](O)CCC. The first-order valence-corrected chi connectivity index (χ1v) is 16.9. The van der Waals surface area contributed by atoms with Gasteiger partial charge in [-0.25, -0.2) is 0 Å². The van der Waals surface area contributed by atoms with E-state index in [1.54, 1.807) is 0 Å². The smallest absolute Gasteiger partial charge is 0.306 e. The summed E-state index contributed by atoms with van der Waals surface area (Å²) in [6, 6.07) is 0. The zero-order chi connectivity index (χ0) is 27.8. The maximum atomic E-state index is 12.0. The highest BCUT2D eigenvalue weighted by Gasteiger charge is 2.13. The van der Waals surface area contributed by atoms with Crippen molar-refractivity contribution in [2.45, 2.75) is 214 Å². The van der Waals surface area contributed by atoms with Crippen molar-refractivity contribution in [2.24, 2.45) is 0 Å². The van der Waals surface area contributed by atoms with E-state index >= 15 is 0 Å².